The average molecular weight is 248 g/mol. The molecule has 1 aliphatic carbocycles. The summed E-state index contributed by atoms with van der Waals surface area (Å²) in [5, 5.41) is 3.61. The lowest BCUT2D eigenvalue weighted by molar-refractivity contribution is -0.0976. The fourth-order valence-electron chi connectivity index (χ4n) is 2.61. The van der Waals surface area contributed by atoms with Gasteiger partial charge in [-0.15, -0.1) is 0 Å². The summed E-state index contributed by atoms with van der Waals surface area (Å²) in [6.07, 6.45) is 1.43. The van der Waals surface area contributed by atoms with Gasteiger partial charge in [-0.1, -0.05) is 19.9 Å². The van der Waals surface area contributed by atoms with E-state index in [9.17, 15) is 0 Å². The van der Waals surface area contributed by atoms with Gasteiger partial charge < -0.3 is 15.8 Å². The van der Waals surface area contributed by atoms with Crippen LogP contribution in [0.5, 0.6) is 0 Å². The normalized spacial score (nSPS) is 25.6. The number of nitrogens with two attached hydrogens (primary N) is 1. The highest BCUT2D eigenvalue weighted by molar-refractivity contribution is 5.63. The smallest absolute Gasteiger partial charge is 0.0665 e. The Bertz CT molecular complexity index is 429. The van der Waals surface area contributed by atoms with Crippen molar-refractivity contribution in [1.29, 1.82) is 0 Å². The molecule has 0 aromatic heterocycles. The number of hydrogen-bond acceptors (Lipinski definition) is 3. The molecular formula is C15H24N2O. The average Bonchev–Trinajstić information content (AvgIpc) is 2.33. The SMILES string of the molecule is CCOC1CC(Nc2cccc(N)c2C)C1(C)C. The molecule has 18 heavy (non-hydrogen) atoms. The van der Waals surface area contributed by atoms with E-state index in [1.54, 1.807) is 0 Å². The highest BCUT2D eigenvalue weighted by Gasteiger charge is 2.48. The maximum absolute atomic E-state index is 5.93. The van der Waals surface area contributed by atoms with E-state index in [0.717, 1.165) is 30.0 Å². The minimum atomic E-state index is 0.174. The van der Waals surface area contributed by atoms with Gasteiger partial charge in [-0.3, -0.25) is 0 Å². The molecule has 1 saturated carbocycles. The van der Waals surface area contributed by atoms with Crippen LogP contribution >= 0.6 is 0 Å². The highest BCUT2D eigenvalue weighted by Crippen LogP contribution is 2.44. The molecule has 0 saturated heterocycles. The lowest BCUT2D eigenvalue weighted by Crippen LogP contribution is -2.58. The zero-order valence-electron chi connectivity index (χ0n) is 11.8. The monoisotopic (exact) mass is 248 g/mol. The quantitative estimate of drug-likeness (QED) is 0.804. The molecule has 1 aromatic rings. The third kappa shape index (κ3) is 2.19. The van der Waals surface area contributed by atoms with Crippen LogP contribution < -0.4 is 11.1 Å². The van der Waals surface area contributed by atoms with E-state index in [0.29, 0.717) is 12.1 Å². The first-order chi connectivity index (χ1) is 8.46. The summed E-state index contributed by atoms with van der Waals surface area (Å²) < 4.78 is 5.75. The molecule has 1 aromatic carbocycles. The van der Waals surface area contributed by atoms with E-state index in [2.05, 4.69) is 39.1 Å². The second-order valence-corrected chi connectivity index (χ2v) is 5.72. The van der Waals surface area contributed by atoms with E-state index >= 15 is 0 Å². The maximum atomic E-state index is 5.93. The van der Waals surface area contributed by atoms with E-state index in [4.69, 9.17) is 10.5 Å². The molecule has 2 rings (SSSR count). The molecule has 1 aliphatic rings. The molecule has 3 heteroatoms. The van der Waals surface area contributed by atoms with Crippen LogP contribution in [0.15, 0.2) is 18.2 Å². The largest absolute Gasteiger partial charge is 0.398 e. The van der Waals surface area contributed by atoms with Gasteiger partial charge in [-0.25, -0.2) is 0 Å². The van der Waals surface area contributed by atoms with Gasteiger partial charge in [0.2, 0.25) is 0 Å². The van der Waals surface area contributed by atoms with Gasteiger partial charge in [-0.05, 0) is 38.0 Å². The van der Waals surface area contributed by atoms with Crippen molar-refractivity contribution < 1.29 is 4.74 Å². The second kappa shape index (κ2) is 4.81. The number of ether oxygens (including phenoxy) is 1. The summed E-state index contributed by atoms with van der Waals surface area (Å²) in [5.74, 6) is 0. The third-order valence-corrected chi connectivity index (χ3v) is 4.25. The summed E-state index contributed by atoms with van der Waals surface area (Å²) in [7, 11) is 0. The van der Waals surface area contributed by atoms with Gasteiger partial charge in [0.15, 0.2) is 0 Å². The molecular weight excluding hydrogens is 224 g/mol. The molecule has 0 radical (unpaired) electrons. The zero-order valence-corrected chi connectivity index (χ0v) is 11.8. The van der Waals surface area contributed by atoms with Gasteiger partial charge in [0, 0.05) is 29.4 Å². The number of nitrogen functional groups attached to an aromatic ring is 1. The standard InChI is InChI=1S/C15H24N2O/c1-5-18-14-9-13(15(14,3)4)17-12-8-6-7-11(16)10(12)2/h6-8,13-14,17H,5,9,16H2,1-4H3. The fraction of sp³-hybridized carbons (Fsp3) is 0.600. The molecule has 0 amide bonds. The topological polar surface area (TPSA) is 47.3 Å². The molecule has 2 unspecified atom stereocenters. The first-order valence-electron chi connectivity index (χ1n) is 6.70. The van der Waals surface area contributed by atoms with Crippen LogP contribution in [0.25, 0.3) is 0 Å². The Morgan fingerprint density at radius 2 is 2.17 bits per heavy atom. The van der Waals surface area contributed by atoms with Crippen molar-refractivity contribution in [3.05, 3.63) is 23.8 Å². The van der Waals surface area contributed by atoms with Crippen LogP contribution in [0.3, 0.4) is 0 Å². The van der Waals surface area contributed by atoms with Crippen LogP contribution in [0.1, 0.15) is 32.8 Å². The van der Waals surface area contributed by atoms with Gasteiger partial charge in [0.05, 0.1) is 6.10 Å². The number of benzene rings is 1. The van der Waals surface area contributed by atoms with E-state index in [-0.39, 0.29) is 5.41 Å². The second-order valence-electron chi connectivity index (χ2n) is 5.72. The zero-order chi connectivity index (χ0) is 13.3. The van der Waals surface area contributed by atoms with Gasteiger partial charge in [0.25, 0.3) is 0 Å². The van der Waals surface area contributed by atoms with E-state index < -0.39 is 0 Å². The Kier molecular flexibility index (Phi) is 3.53. The van der Waals surface area contributed by atoms with Crippen molar-refractivity contribution in [2.24, 2.45) is 5.41 Å². The third-order valence-electron chi connectivity index (χ3n) is 4.25. The van der Waals surface area contributed by atoms with Crippen molar-refractivity contribution in [2.45, 2.75) is 46.3 Å². The van der Waals surface area contributed by atoms with E-state index in [1.165, 1.54) is 0 Å². The summed E-state index contributed by atoms with van der Waals surface area (Å²) in [5.41, 5.74) is 9.23. The Labute approximate surface area is 110 Å². The summed E-state index contributed by atoms with van der Waals surface area (Å²) in [6, 6.07) is 6.48. The van der Waals surface area contributed by atoms with Gasteiger partial charge in [-0.2, -0.15) is 0 Å². The Balaban J connectivity index is 2.06. The maximum Gasteiger partial charge on any atom is 0.0665 e. The van der Waals surface area contributed by atoms with Crippen molar-refractivity contribution in [3.63, 3.8) is 0 Å². The van der Waals surface area contributed by atoms with Gasteiger partial charge >= 0.3 is 0 Å². The van der Waals surface area contributed by atoms with Crippen LogP contribution in [0, 0.1) is 12.3 Å². The lowest BCUT2D eigenvalue weighted by Gasteiger charge is -2.52. The lowest BCUT2D eigenvalue weighted by atomic mass is 9.64. The Hall–Kier alpha value is -1.22. The van der Waals surface area contributed by atoms with Crippen LogP contribution in [0.2, 0.25) is 0 Å². The Morgan fingerprint density at radius 1 is 1.44 bits per heavy atom. The molecule has 1 fully saturated rings. The molecule has 2 atom stereocenters. The van der Waals surface area contributed by atoms with Crippen LogP contribution in [-0.2, 0) is 4.74 Å². The number of rotatable bonds is 4. The van der Waals surface area contributed by atoms with Gasteiger partial charge in [0.1, 0.15) is 0 Å². The molecule has 0 spiro atoms. The van der Waals surface area contributed by atoms with E-state index in [1.807, 2.05) is 12.1 Å². The van der Waals surface area contributed by atoms with Crippen molar-refractivity contribution in [1.82, 2.24) is 0 Å². The number of anilines is 2. The molecule has 0 aliphatic heterocycles. The van der Waals surface area contributed by atoms with Crippen molar-refractivity contribution in [2.75, 3.05) is 17.7 Å². The van der Waals surface area contributed by atoms with Crippen LogP contribution in [0.4, 0.5) is 11.4 Å². The molecule has 0 bridgehead atoms. The molecule has 3 N–H and O–H groups in total. The fourth-order valence-corrected chi connectivity index (χ4v) is 2.61. The molecule has 0 heterocycles. The minimum absolute atomic E-state index is 0.174. The molecule has 100 valence electrons. The summed E-state index contributed by atoms with van der Waals surface area (Å²) >= 11 is 0. The molecule has 3 nitrogen and oxygen atoms in total. The summed E-state index contributed by atoms with van der Waals surface area (Å²) in [6.45, 7) is 9.42. The minimum Gasteiger partial charge on any atom is -0.398 e. The number of hydrogen-bond donors (Lipinski definition) is 2. The summed E-state index contributed by atoms with van der Waals surface area (Å²) in [4.78, 5) is 0. The predicted octanol–water partition coefficient (Wildman–Crippen LogP) is 3.19. The highest BCUT2D eigenvalue weighted by atomic mass is 16.5. The number of nitrogens with one attached hydrogen (secondary N) is 1. The predicted molar refractivity (Wildman–Crippen MR) is 76.8 cm³/mol. The van der Waals surface area contributed by atoms with Crippen molar-refractivity contribution in [3.8, 4) is 0 Å². The Morgan fingerprint density at radius 3 is 2.78 bits per heavy atom. The first-order valence-corrected chi connectivity index (χ1v) is 6.70. The van der Waals surface area contributed by atoms with Crippen LogP contribution in [-0.4, -0.2) is 18.8 Å². The van der Waals surface area contributed by atoms with Crippen molar-refractivity contribution >= 4 is 11.4 Å². The first kappa shape index (κ1) is 13.2.